The highest BCUT2D eigenvalue weighted by Gasteiger charge is 2.47. The van der Waals surface area contributed by atoms with E-state index in [0.717, 1.165) is 10.0 Å². The Balaban J connectivity index is 1.94. The van der Waals surface area contributed by atoms with E-state index in [9.17, 15) is 9.59 Å². The molecule has 0 bridgehead atoms. The fourth-order valence-corrected chi connectivity index (χ4v) is 2.62. The van der Waals surface area contributed by atoms with Crippen LogP contribution in [-0.4, -0.2) is 18.8 Å². The zero-order chi connectivity index (χ0) is 15.0. The number of β-lactam (4-membered cyclic amide) rings is 1. The third-order valence-corrected chi connectivity index (χ3v) is 4.00. The molecular weight excluding hydrogens is 334 g/mol. The van der Waals surface area contributed by atoms with Crippen LogP contribution < -0.4 is 9.64 Å². The minimum Gasteiger partial charge on any atom is -0.497 e. The lowest BCUT2D eigenvalue weighted by molar-refractivity contribution is -0.143. The van der Waals surface area contributed by atoms with E-state index in [-0.39, 0.29) is 5.78 Å². The molecule has 1 aliphatic heterocycles. The predicted octanol–water partition coefficient (Wildman–Crippen LogP) is 3.11. The minimum absolute atomic E-state index is 0.381. The van der Waals surface area contributed by atoms with Gasteiger partial charge in [0, 0.05) is 10.2 Å². The molecule has 1 atom stereocenters. The molecule has 3 rings (SSSR count). The smallest absolute Gasteiger partial charge is 0.297 e. The number of ether oxygens (including phenoxy) is 1. The van der Waals surface area contributed by atoms with Crippen molar-refractivity contribution in [1.29, 1.82) is 0 Å². The average molecular weight is 346 g/mol. The van der Waals surface area contributed by atoms with Gasteiger partial charge in [0.2, 0.25) is 5.78 Å². The molecule has 1 saturated heterocycles. The average Bonchev–Trinajstić information content (AvgIpc) is 2.53. The highest BCUT2D eigenvalue weighted by molar-refractivity contribution is 9.10. The van der Waals surface area contributed by atoms with Gasteiger partial charge in [-0.25, -0.2) is 0 Å². The molecule has 0 radical (unpaired) electrons. The molecule has 1 heterocycles. The standard InChI is InChI=1S/C16H12BrNO3/c1-21-13-8-6-12(7-9-13)18-14(15(19)16(18)20)10-2-4-11(17)5-3-10/h2-9,14H,1H3. The molecule has 2 aromatic carbocycles. The van der Waals surface area contributed by atoms with Gasteiger partial charge >= 0.3 is 0 Å². The summed E-state index contributed by atoms with van der Waals surface area (Å²) in [6.07, 6.45) is 0. The van der Waals surface area contributed by atoms with Gasteiger partial charge in [0.1, 0.15) is 11.8 Å². The molecule has 0 spiro atoms. The summed E-state index contributed by atoms with van der Waals surface area (Å²) in [7, 11) is 1.58. The van der Waals surface area contributed by atoms with Crippen molar-refractivity contribution in [2.24, 2.45) is 0 Å². The first-order chi connectivity index (χ1) is 10.1. The first-order valence-electron chi connectivity index (χ1n) is 6.39. The molecule has 2 aromatic rings. The van der Waals surface area contributed by atoms with Crippen LogP contribution in [0.1, 0.15) is 11.6 Å². The normalized spacial score (nSPS) is 17.6. The van der Waals surface area contributed by atoms with E-state index in [4.69, 9.17) is 4.74 Å². The number of carbonyl (C=O) groups is 2. The second-order valence-electron chi connectivity index (χ2n) is 4.69. The number of nitrogens with zero attached hydrogens (tertiary/aromatic N) is 1. The molecule has 5 heteroatoms. The predicted molar refractivity (Wildman–Crippen MR) is 82.4 cm³/mol. The van der Waals surface area contributed by atoms with Crippen LogP contribution in [0.3, 0.4) is 0 Å². The lowest BCUT2D eigenvalue weighted by atomic mass is 9.91. The minimum atomic E-state index is -0.543. The molecule has 0 N–H and O–H groups in total. The van der Waals surface area contributed by atoms with Gasteiger partial charge in [0.25, 0.3) is 5.91 Å². The topological polar surface area (TPSA) is 46.6 Å². The summed E-state index contributed by atoms with van der Waals surface area (Å²) < 4.78 is 6.03. The fourth-order valence-electron chi connectivity index (χ4n) is 2.36. The molecule has 4 nitrogen and oxygen atoms in total. The van der Waals surface area contributed by atoms with E-state index in [0.29, 0.717) is 11.4 Å². The van der Waals surface area contributed by atoms with Crippen LogP contribution >= 0.6 is 15.9 Å². The molecule has 0 saturated carbocycles. The van der Waals surface area contributed by atoms with Crippen LogP contribution in [0.5, 0.6) is 5.75 Å². The number of ketones is 1. The summed E-state index contributed by atoms with van der Waals surface area (Å²) in [5.41, 5.74) is 1.49. The van der Waals surface area contributed by atoms with E-state index in [1.807, 2.05) is 24.3 Å². The number of hydrogen-bond donors (Lipinski definition) is 0. The summed E-state index contributed by atoms with van der Waals surface area (Å²) in [6, 6.07) is 13.9. The summed E-state index contributed by atoms with van der Waals surface area (Å²) in [6.45, 7) is 0. The van der Waals surface area contributed by atoms with Crippen molar-refractivity contribution < 1.29 is 14.3 Å². The van der Waals surface area contributed by atoms with Gasteiger partial charge in [-0.05, 0) is 42.0 Å². The van der Waals surface area contributed by atoms with Crippen molar-refractivity contribution in [2.45, 2.75) is 6.04 Å². The van der Waals surface area contributed by atoms with Crippen LogP contribution in [0.4, 0.5) is 5.69 Å². The molecule has 1 amide bonds. The Bertz CT molecular complexity index is 694. The van der Waals surface area contributed by atoms with Gasteiger partial charge in [-0.15, -0.1) is 0 Å². The van der Waals surface area contributed by atoms with E-state index in [2.05, 4.69) is 15.9 Å². The van der Waals surface area contributed by atoms with Gasteiger partial charge in [0.05, 0.1) is 7.11 Å². The maximum Gasteiger partial charge on any atom is 0.297 e. The lowest BCUT2D eigenvalue weighted by Gasteiger charge is -2.38. The second-order valence-corrected chi connectivity index (χ2v) is 5.61. The molecule has 0 aliphatic carbocycles. The summed E-state index contributed by atoms with van der Waals surface area (Å²) in [5.74, 6) is -0.153. The van der Waals surface area contributed by atoms with E-state index in [1.165, 1.54) is 4.90 Å². The zero-order valence-electron chi connectivity index (χ0n) is 11.2. The third-order valence-electron chi connectivity index (χ3n) is 3.47. The number of halogens is 1. The molecule has 1 unspecified atom stereocenters. The van der Waals surface area contributed by atoms with Gasteiger partial charge < -0.3 is 4.74 Å². The number of hydrogen-bond acceptors (Lipinski definition) is 3. The summed E-state index contributed by atoms with van der Waals surface area (Å²) >= 11 is 3.36. The molecule has 21 heavy (non-hydrogen) atoms. The quantitative estimate of drug-likeness (QED) is 0.634. The molecule has 106 valence electrons. The molecule has 0 aromatic heterocycles. The number of methoxy groups -OCH3 is 1. The Morgan fingerprint density at radius 3 is 2.19 bits per heavy atom. The van der Waals surface area contributed by atoms with Gasteiger partial charge in [-0.2, -0.15) is 0 Å². The number of anilines is 1. The van der Waals surface area contributed by atoms with Crippen LogP contribution in [0.25, 0.3) is 0 Å². The Hall–Kier alpha value is -2.14. The Kier molecular flexibility index (Phi) is 3.51. The Labute approximate surface area is 130 Å². The van der Waals surface area contributed by atoms with Gasteiger partial charge in [-0.3, -0.25) is 14.5 Å². The Morgan fingerprint density at radius 2 is 1.62 bits per heavy atom. The van der Waals surface area contributed by atoms with Crippen molar-refractivity contribution in [3.8, 4) is 5.75 Å². The second kappa shape index (κ2) is 5.33. The highest BCUT2D eigenvalue weighted by Crippen LogP contribution is 2.37. The van der Waals surface area contributed by atoms with E-state index in [1.54, 1.807) is 31.4 Å². The van der Waals surface area contributed by atoms with Crippen molar-refractivity contribution in [3.05, 3.63) is 58.6 Å². The number of benzene rings is 2. The number of rotatable bonds is 3. The third kappa shape index (κ3) is 2.34. The van der Waals surface area contributed by atoms with Crippen molar-refractivity contribution in [1.82, 2.24) is 0 Å². The van der Waals surface area contributed by atoms with Gasteiger partial charge in [-0.1, -0.05) is 28.1 Å². The Morgan fingerprint density at radius 1 is 1.00 bits per heavy atom. The largest absolute Gasteiger partial charge is 0.497 e. The van der Waals surface area contributed by atoms with E-state index < -0.39 is 11.9 Å². The fraction of sp³-hybridized carbons (Fsp3) is 0.125. The SMILES string of the molecule is COc1ccc(N2C(=O)C(=O)C2c2ccc(Br)cc2)cc1. The first kappa shape index (κ1) is 13.8. The van der Waals surface area contributed by atoms with Crippen LogP contribution in [0, 0.1) is 0 Å². The van der Waals surface area contributed by atoms with Crippen LogP contribution in [0.15, 0.2) is 53.0 Å². The van der Waals surface area contributed by atoms with Gasteiger partial charge in [0.15, 0.2) is 0 Å². The van der Waals surface area contributed by atoms with Crippen molar-refractivity contribution in [2.75, 3.05) is 12.0 Å². The monoisotopic (exact) mass is 345 g/mol. The van der Waals surface area contributed by atoms with Crippen LogP contribution in [0.2, 0.25) is 0 Å². The van der Waals surface area contributed by atoms with Crippen molar-refractivity contribution >= 4 is 33.3 Å². The first-order valence-corrected chi connectivity index (χ1v) is 7.18. The summed E-state index contributed by atoms with van der Waals surface area (Å²) in [5, 5.41) is 0. The maximum absolute atomic E-state index is 11.9. The molecule has 1 fully saturated rings. The summed E-state index contributed by atoms with van der Waals surface area (Å²) in [4.78, 5) is 25.3. The number of amides is 1. The zero-order valence-corrected chi connectivity index (χ0v) is 12.8. The molecular formula is C16H12BrNO3. The highest BCUT2D eigenvalue weighted by atomic mass is 79.9. The van der Waals surface area contributed by atoms with E-state index >= 15 is 0 Å². The van der Waals surface area contributed by atoms with Crippen molar-refractivity contribution in [3.63, 3.8) is 0 Å². The lowest BCUT2D eigenvalue weighted by Crippen LogP contribution is -2.56. The maximum atomic E-state index is 11.9. The number of carbonyl (C=O) groups excluding carboxylic acids is 2. The molecule has 1 aliphatic rings. The van der Waals surface area contributed by atoms with Crippen LogP contribution in [-0.2, 0) is 9.59 Å². The number of Topliss-reactive ketones (excluding diaryl/α,β-unsaturated/α-hetero) is 1.